The second kappa shape index (κ2) is 4.44. The summed E-state index contributed by atoms with van der Waals surface area (Å²) in [5.74, 6) is 0.286. The van der Waals surface area contributed by atoms with Gasteiger partial charge in [-0.25, -0.2) is 9.37 Å². The van der Waals surface area contributed by atoms with Crippen LogP contribution >= 0.6 is 12.2 Å². The van der Waals surface area contributed by atoms with Gasteiger partial charge < -0.3 is 15.6 Å². The van der Waals surface area contributed by atoms with Crippen LogP contribution in [0.1, 0.15) is 12.6 Å². The molecule has 0 aromatic carbocycles. The van der Waals surface area contributed by atoms with E-state index in [0.717, 1.165) is 0 Å². The van der Waals surface area contributed by atoms with Crippen LogP contribution in [-0.4, -0.2) is 33.5 Å². The Kier molecular flexibility index (Phi) is 3.17. The molecule has 0 radical (unpaired) electrons. The zero-order chi connectivity index (χ0) is 11.7. The highest BCUT2D eigenvalue weighted by Crippen LogP contribution is 2.31. The van der Waals surface area contributed by atoms with Crippen molar-refractivity contribution in [2.75, 3.05) is 12.3 Å². The Hall–Kier alpha value is -1.05. The van der Waals surface area contributed by atoms with E-state index in [1.807, 2.05) is 0 Å². The molecule has 1 aliphatic heterocycles. The third kappa shape index (κ3) is 2.06. The minimum absolute atomic E-state index is 0.160. The quantitative estimate of drug-likeness (QED) is 0.754. The fourth-order valence-corrected chi connectivity index (χ4v) is 1.95. The molecular formula is C9H12FN3O2S. The predicted octanol–water partition coefficient (Wildman–Crippen LogP) is 0.813. The number of nitrogen functional groups attached to an aromatic ring is 1. The lowest BCUT2D eigenvalue weighted by Crippen LogP contribution is -2.18. The van der Waals surface area contributed by atoms with Gasteiger partial charge in [0, 0.05) is 12.6 Å². The Morgan fingerprint density at radius 2 is 2.50 bits per heavy atom. The molecule has 1 fully saturated rings. The van der Waals surface area contributed by atoms with E-state index >= 15 is 0 Å². The van der Waals surface area contributed by atoms with Crippen LogP contribution in [-0.2, 0) is 4.74 Å². The Labute approximate surface area is 96.7 Å². The molecule has 0 bridgehead atoms. The number of aliphatic hydroxyl groups excluding tert-OH is 1. The van der Waals surface area contributed by atoms with Crippen molar-refractivity contribution >= 4 is 18.0 Å². The van der Waals surface area contributed by atoms with Crippen molar-refractivity contribution in [3.63, 3.8) is 0 Å². The van der Waals surface area contributed by atoms with Crippen LogP contribution in [0.2, 0.25) is 0 Å². The Morgan fingerprint density at radius 3 is 3.06 bits per heavy atom. The first-order chi connectivity index (χ1) is 7.61. The van der Waals surface area contributed by atoms with Gasteiger partial charge in [0.1, 0.15) is 12.0 Å². The van der Waals surface area contributed by atoms with Gasteiger partial charge in [-0.3, -0.25) is 4.57 Å². The van der Waals surface area contributed by atoms with Crippen molar-refractivity contribution < 1.29 is 14.2 Å². The minimum Gasteiger partial charge on any atom is -0.394 e. The van der Waals surface area contributed by atoms with Crippen LogP contribution in [0.4, 0.5) is 10.2 Å². The molecule has 0 amide bonds. The van der Waals surface area contributed by atoms with Crippen LogP contribution in [0.25, 0.3) is 0 Å². The summed E-state index contributed by atoms with van der Waals surface area (Å²) in [5.41, 5.74) is 5.45. The number of hydrogen-bond donors (Lipinski definition) is 2. The minimum atomic E-state index is -1.20. The molecule has 3 atom stereocenters. The smallest absolute Gasteiger partial charge is 0.203 e. The Balaban J connectivity index is 2.28. The molecule has 0 saturated carbocycles. The average Bonchev–Trinajstić information content (AvgIpc) is 2.60. The number of aliphatic hydroxyl groups is 1. The van der Waals surface area contributed by atoms with Crippen molar-refractivity contribution in [3.8, 4) is 0 Å². The molecule has 0 aliphatic carbocycles. The maximum Gasteiger partial charge on any atom is 0.203 e. The molecule has 7 heteroatoms. The third-order valence-electron chi connectivity index (χ3n) is 2.46. The Morgan fingerprint density at radius 1 is 1.75 bits per heavy atom. The summed E-state index contributed by atoms with van der Waals surface area (Å²) < 4.78 is 20.5. The lowest BCUT2D eigenvalue weighted by molar-refractivity contribution is -0.0383. The van der Waals surface area contributed by atoms with Crippen molar-refractivity contribution in [2.45, 2.75) is 24.9 Å². The molecule has 2 rings (SSSR count). The summed E-state index contributed by atoms with van der Waals surface area (Å²) in [6, 6.07) is 1.53. The highest BCUT2D eigenvalue weighted by atomic mass is 32.1. The molecular weight excluding hydrogens is 233 g/mol. The number of hydrogen-bond acceptors (Lipinski definition) is 5. The second-order valence-electron chi connectivity index (χ2n) is 3.63. The molecule has 0 spiro atoms. The highest BCUT2D eigenvalue weighted by Gasteiger charge is 2.36. The summed E-state index contributed by atoms with van der Waals surface area (Å²) in [4.78, 5) is 3.85. The molecule has 1 aromatic heterocycles. The first-order valence-electron chi connectivity index (χ1n) is 4.87. The summed E-state index contributed by atoms with van der Waals surface area (Å²) in [5, 5.41) is 8.90. The average molecular weight is 245 g/mol. The second-order valence-corrected chi connectivity index (χ2v) is 3.99. The van der Waals surface area contributed by atoms with Gasteiger partial charge in [-0.2, -0.15) is 0 Å². The molecule has 1 aliphatic rings. The van der Waals surface area contributed by atoms with Gasteiger partial charge in [0.2, 0.25) is 4.77 Å². The van der Waals surface area contributed by atoms with E-state index in [0.29, 0.717) is 0 Å². The van der Waals surface area contributed by atoms with E-state index in [9.17, 15) is 4.39 Å². The summed E-state index contributed by atoms with van der Waals surface area (Å²) in [6.07, 6.45) is -0.805. The molecule has 16 heavy (non-hydrogen) atoms. The zero-order valence-corrected chi connectivity index (χ0v) is 9.23. The molecule has 3 N–H and O–H groups in total. The topological polar surface area (TPSA) is 73.3 Å². The first kappa shape index (κ1) is 11.4. The van der Waals surface area contributed by atoms with Gasteiger partial charge in [-0.1, -0.05) is 0 Å². The van der Waals surface area contributed by atoms with Crippen molar-refractivity contribution in [3.05, 3.63) is 17.0 Å². The number of anilines is 1. The molecule has 5 nitrogen and oxygen atoms in total. The number of ether oxygens (including phenoxy) is 1. The molecule has 1 aromatic rings. The lowest BCUT2D eigenvalue weighted by Gasteiger charge is -2.16. The number of alkyl halides is 1. The van der Waals surface area contributed by atoms with Crippen LogP contribution in [0.5, 0.6) is 0 Å². The van der Waals surface area contributed by atoms with Gasteiger partial charge in [0.25, 0.3) is 0 Å². The highest BCUT2D eigenvalue weighted by molar-refractivity contribution is 7.71. The van der Waals surface area contributed by atoms with Gasteiger partial charge in [-0.05, 0) is 18.3 Å². The first-order valence-corrected chi connectivity index (χ1v) is 5.27. The fourth-order valence-electron chi connectivity index (χ4n) is 1.68. The SMILES string of the molecule is Nc1ccn([C@@H]2O[C@H](CO)C[C@@H]2F)c(=S)n1. The maximum atomic E-state index is 13.6. The van der Waals surface area contributed by atoms with E-state index in [-0.39, 0.29) is 23.6 Å². The monoisotopic (exact) mass is 245 g/mol. The van der Waals surface area contributed by atoms with E-state index in [4.69, 9.17) is 27.8 Å². The number of aromatic nitrogens is 2. The molecule has 2 heterocycles. The van der Waals surface area contributed by atoms with Gasteiger partial charge in [0.05, 0.1) is 12.7 Å². The van der Waals surface area contributed by atoms with E-state index < -0.39 is 18.5 Å². The van der Waals surface area contributed by atoms with Crippen LogP contribution in [0, 0.1) is 4.77 Å². The summed E-state index contributed by atoms with van der Waals surface area (Å²) in [7, 11) is 0. The Bertz CT molecular complexity index is 439. The van der Waals surface area contributed by atoms with E-state index in [1.54, 1.807) is 6.20 Å². The van der Waals surface area contributed by atoms with Crippen LogP contribution in [0.3, 0.4) is 0 Å². The number of halogens is 1. The van der Waals surface area contributed by atoms with E-state index in [2.05, 4.69) is 4.98 Å². The number of nitrogens with zero attached hydrogens (tertiary/aromatic N) is 2. The van der Waals surface area contributed by atoms with Crippen LogP contribution in [0.15, 0.2) is 12.3 Å². The zero-order valence-electron chi connectivity index (χ0n) is 8.41. The van der Waals surface area contributed by atoms with Gasteiger partial charge >= 0.3 is 0 Å². The third-order valence-corrected chi connectivity index (χ3v) is 2.76. The summed E-state index contributed by atoms with van der Waals surface area (Å²) in [6.45, 7) is -0.202. The summed E-state index contributed by atoms with van der Waals surface area (Å²) >= 11 is 4.97. The molecule has 1 saturated heterocycles. The van der Waals surface area contributed by atoms with Crippen molar-refractivity contribution in [1.82, 2.24) is 9.55 Å². The largest absolute Gasteiger partial charge is 0.394 e. The van der Waals surface area contributed by atoms with Gasteiger partial charge in [-0.15, -0.1) is 0 Å². The normalized spacial score (nSPS) is 29.5. The predicted molar refractivity (Wildman–Crippen MR) is 58.0 cm³/mol. The van der Waals surface area contributed by atoms with Gasteiger partial charge in [0.15, 0.2) is 6.23 Å². The van der Waals surface area contributed by atoms with Crippen LogP contribution < -0.4 is 5.73 Å². The fraction of sp³-hybridized carbons (Fsp3) is 0.556. The van der Waals surface area contributed by atoms with Crippen molar-refractivity contribution in [2.24, 2.45) is 0 Å². The molecule has 88 valence electrons. The van der Waals surface area contributed by atoms with Crippen molar-refractivity contribution in [1.29, 1.82) is 0 Å². The standard InChI is InChI=1S/C9H12FN3O2S/c10-6-3-5(4-14)15-8(6)13-2-1-7(11)12-9(13)16/h1-2,5-6,8,14H,3-4H2,(H2,11,12,16)/t5-,6-,8+/m0/s1. The maximum absolute atomic E-state index is 13.6. The number of nitrogens with two attached hydrogens (primary N) is 1. The lowest BCUT2D eigenvalue weighted by atomic mass is 10.2. The van der Waals surface area contributed by atoms with E-state index in [1.165, 1.54) is 10.6 Å². The number of rotatable bonds is 2. The molecule has 0 unspecified atom stereocenters.